The summed E-state index contributed by atoms with van der Waals surface area (Å²) < 4.78 is 5.42. The molecule has 3 rings (SSSR count). The summed E-state index contributed by atoms with van der Waals surface area (Å²) in [5.41, 5.74) is 1.88. The summed E-state index contributed by atoms with van der Waals surface area (Å²) >= 11 is 0. The fraction of sp³-hybridized carbons (Fsp3) is 0.421. The number of anilines is 1. The molecule has 1 saturated heterocycles. The fourth-order valence-electron chi connectivity index (χ4n) is 3.31. The number of nitrogens with zero attached hydrogens (tertiary/aromatic N) is 3. The summed E-state index contributed by atoms with van der Waals surface area (Å²) in [5, 5.41) is 0. The standard InChI is InChI=1S/C19H24N4O3/c1-13-15(19(25)21-14(2)20-13)12-18(24)23-10-8-22(9-11-23)16-6-4-5-7-17(16)26-3/h4-7H,8-12H2,1-3H3,(H,20,21,25). The Morgan fingerprint density at radius 1 is 1.19 bits per heavy atom. The second kappa shape index (κ2) is 7.59. The molecule has 138 valence electrons. The number of piperazine rings is 1. The van der Waals surface area contributed by atoms with E-state index in [1.807, 2.05) is 29.2 Å². The van der Waals surface area contributed by atoms with Crippen LogP contribution in [0.2, 0.25) is 0 Å². The van der Waals surface area contributed by atoms with Gasteiger partial charge in [-0.2, -0.15) is 0 Å². The van der Waals surface area contributed by atoms with Crippen molar-refractivity contribution < 1.29 is 9.53 Å². The highest BCUT2D eigenvalue weighted by Crippen LogP contribution is 2.28. The van der Waals surface area contributed by atoms with Gasteiger partial charge in [0.25, 0.3) is 5.56 Å². The first-order chi connectivity index (χ1) is 12.5. The first-order valence-corrected chi connectivity index (χ1v) is 8.71. The number of para-hydroxylation sites is 2. The Kier molecular flexibility index (Phi) is 5.25. The first kappa shape index (κ1) is 18.0. The summed E-state index contributed by atoms with van der Waals surface area (Å²) in [6, 6.07) is 7.88. The number of H-pyrrole nitrogens is 1. The zero-order valence-corrected chi connectivity index (χ0v) is 15.4. The molecule has 0 unspecified atom stereocenters. The number of aromatic amines is 1. The van der Waals surface area contributed by atoms with E-state index in [1.165, 1.54) is 0 Å². The first-order valence-electron chi connectivity index (χ1n) is 8.71. The molecule has 1 N–H and O–H groups in total. The van der Waals surface area contributed by atoms with Crippen molar-refractivity contribution in [2.75, 3.05) is 38.2 Å². The van der Waals surface area contributed by atoms with E-state index < -0.39 is 0 Å². The number of carbonyl (C=O) groups is 1. The van der Waals surface area contributed by atoms with Gasteiger partial charge in [-0.25, -0.2) is 4.98 Å². The third-order valence-corrected chi connectivity index (χ3v) is 4.73. The number of methoxy groups -OCH3 is 1. The van der Waals surface area contributed by atoms with Gasteiger partial charge in [-0.3, -0.25) is 9.59 Å². The van der Waals surface area contributed by atoms with E-state index in [2.05, 4.69) is 14.9 Å². The fourth-order valence-corrected chi connectivity index (χ4v) is 3.31. The van der Waals surface area contributed by atoms with Crippen molar-refractivity contribution in [1.82, 2.24) is 14.9 Å². The van der Waals surface area contributed by atoms with Crippen molar-refractivity contribution in [2.45, 2.75) is 20.3 Å². The highest BCUT2D eigenvalue weighted by molar-refractivity contribution is 5.79. The minimum Gasteiger partial charge on any atom is -0.495 e. The lowest BCUT2D eigenvalue weighted by molar-refractivity contribution is -0.130. The van der Waals surface area contributed by atoms with Crippen LogP contribution in [-0.2, 0) is 11.2 Å². The molecule has 0 bridgehead atoms. The van der Waals surface area contributed by atoms with Gasteiger partial charge in [0, 0.05) is 37.4 Å². The van der Waals surface area contributed by atoms with E-state index >= 15 is 0 Å². The molecular weight excluding hydrogens is 332 g/mol. The highest BCUT2D eigenvalue weighted by Gasteiger charge is 2.24. The van der Waals surface area contributed by atoms with Gasteiger partial charge >= 0.3 is 0 Å². The number of hydrogen-bond acceptors (Lipinski definition) is 5. The molecule has 7 nitrogen and oxygen atoms in total. The minimum atomic E-state index is -0.226. The van der Waals surface area contributed by atoms with E-state index in [0.717, 1.165) is 24.5 Å². The van der Waals surface area contributed by atoms with E-state index in [4.69, 9.17) is 4.74 Å². The van der Waals surface area contributed by atoms with Gasteiger partial charge in [0.1, 0.15) is 11.6 Å². The number of amides is 1. The van der Waals surface area contributed by atoms with Crippen LogP contribution in [0.3, 0.4) is 0 Å². The van der Waals surface area contributed by atoms with Crippen LogP contribution >= 0.6 is 0 Å². The van der Waals surface area contributed by atoms with Gasteiger partial charge in [-0.05, 0) is 26.0 Å². The molecule has 0 saturated carbocycles. The zero-order chi connectivity index (χ0) is 18.7. The summed E-state index contributed by atoms with van der Waals surface area (Å²) in [6.45, 7) is 6.20. The molecule has 0 radical (unpaired) electrons. The van der Waals surface area contributed by atoms with Crippen molar-refractivity contribution in [3.63, 3.8) is 0 Å². The molecule has 0 atom stereocenters. The quantitative estimate of drug-likeness (QED) is 0.893. The molecule has 2 aromatic rings. The molecule has 0 spiro atoms. The Labute approximate surface area is 152 Å². The molecule has 1 fully saturated rings. The zero-order valence-electron chi connectivity index (χ0n) is 15.4. The Hall–Kier alpha value is -2.83. The average Bonchev–Trinajstić information content (AvgIpc) is 2.64. The summed E-state index contributed by atoms with van der Waals surface area (Å²) in [6.07, 6.45) is 0.0864. The number of ether oxygens (including phenoxy) is 1. The largest absolute Gasteiger partial charge is 0.495 e. The van der Waals surface area contributed by atoms with Crippen LogP contribution in [0.15, 0.2) is 29.1 Å². The van der Waals surface area contributed by atoms with Crippen molar-refractivity contribution in [3.8, 4) is 5.75 Å². The van der Waals surface area contributed by atoms with Crippen LogP contribution in [0.5, 0.6) is 5.75 Å². The maximum absolute atomic E-state index is 12.6. The Morgan fingerprint density at radius 3 is 2.54 bits per heavy atom. The lowest BCUT2D eigenvalue weighted by atomic mass is 10.1. The molecule has 1 aliphatic rings. The average molecular weight is 356 g/mol. The van der Waals surface area contributed by atoms with Crippen LogP contribution in [0.25, 0.3) is 0 Å². The molecule has 26 heavy (non-hydrogen) atoms. The number of rotatable bonds is 4. The van der Waals surface area contributed by atoms with E-state index in [9.17, 15) is 9.59 Å². The minimum absolute atomic E-state index is 0.0380. The van der Waals surface area contributed by atoms with Gasteiger partial charge in [0.2, 0.25) is 5.91 Å². The molecule has 7 heteroatoms. The number of carbonyl (C=O) groups excluding carboxylic acids is 1. The Balaban J connectivity index is 1.65. The lowest BCUT2D eigenvalue weighted by Gasteiger charge is -2.36. The normalized spacial score (nSPS) is 14.4. The maximum atomic E-state index is 12.6. The molecular formula is C19H24N4O3. The maximum Gasteiger partial charge on any atom is 0.254 e. The summed E-state index contributed by atoms with van der Waals surface area (Å²) in [7, 11) is 1.66. The van der Waals surface area contributed by atoms with Gasteiger partial charge < -0.3 is 19.5 Å². The van der Waals surface area contributed by atoms with Crippen molar-refractivity contribution >= 4 is 11.6 Å². The van der Waals surface area contributed by atoms with Crippen molar-refractivity contribution in [1.29, 1.82) is 0 Å². The van der Waals surface area contributed by atoms with Gasteiger partial charge in [0.15, 0.2) is 0 Å². The van der Waals surface area contributed by atoms with Crippen LogP contribution in [0.1, 0.15) is 17.1 Å². The highest BCUT2D eigenvalue weighted by atomic mass is 16.5. The van der Waals surface area contributed by atoms with Gasteiger partial charge in [-0.15, -0.1) is 0 Å². The van der Waals surface area contributed by atoms with Crippen molar-refractivity contribution in [3.05, 3.63) is 51.7 Å². The molecule has 2 heterocycles. The van der Waals surface area contributed by atoms with Crippen LogP contribution in [-0.4, -0.2) is 54.1 Å². The number of benzene rings is 1. The van der Waals surface area contributed by atoms with Crippen LogP contribution < -0.4 is 15.2 Å². The number of nitrogens with one attached hydrogen (secondary N) is 1. The third-order valence-electron chi connectivity index (χ3n) is 4.73. The smallest absolute Gasteiger partial charge is 0.254 e. The molecule has 1 aromatic carbocycles. The predicted octanol–water partition coefficient (Wildman–Crippen LogP) is 1.29. The van der Waals surface area contributed by atoms with Gasteiger partial charge in [-0.1, -0.05) is 12.1 Å². The van der Waals surface area contributed by atoms with Gasteiger partial charge in [0.05, 0.1) is 19.2 Å². The monoisotopic (exact) mass is 356 g/mol. The SMILES string of the molecule is COc1ccccc1N1CCN(C(=O)Cc2c(C)nc(C)[nH]c2=O)CC1. The Morgan fingerprint density at radius 2 is 1.88 bits per heavy atom. The number of aryl methyl sites for hydroxylation is 2. The van der Waals surface area contributed by atoms with Crippen molar-refractivity contribution in [2.24, 2.45) is 0 Å². The molecule has 0 aliphatic carbocycles. The number of hydrogen-bond donors (Lipinski definition) is 1. The molecule has 1 aliphatic heterocycles. The third kappa shape index (κ3) is 3.71. The summed E-state index contributed by atoms with van der Waals surface area (Å²) in [4.78, 5) is 35.7. The molecule has 1 aromatic heterocycles. The second-order valence-electron chi connectivity index (χ2n) is 6.43. The topological polar surface area (TPSA) is 78.5 Å². The Bertz CT molecular complexity index is 854. The van der Waals surface area contributed by atoms with Crippen LogP contribution in [0, 0.1) is 13.8 Å². The summed E-state index contributed by atoms with van der Waals surface area (Å²) in [5.74, 6) is 1.36. The van der Waals surface area contributed by atoms with E-state index in [1.54, 1.807) is 21.0 Å². The lowest BCUT2D eigenvalue weighted by Crippen LogP contribution is -2.49. The predicted molar refractivity (Wildman–Crippen MR) is 99.8 cm³/mol. The van der Waals surface area contributed by atoms with E-state index in [-0.39, 0.29) is 17.9 Å². The molecule has 1 amide bonds. The number of aromatic nitrogens is 2. The second-order valence-corrected chi connectivity index (χ2v) is 6.43. The van der Waals surface area contributed by atoms with E-state index in [0.29, 0.717) is 30.2 Å². The van der Waals surface area contributed by atoms with Crippen LogP contribution in [0.4, 0.5) is 5.69 Å².